The Balaban J connectivity index is 2.06. The molecule has 1 atom stereocenters. The van der Waals surface area contributed by atoms with Crippen LogP contribution in [-0.4, -0.2) is 22.7 Å². The molecule has 1 aromatic carbocycles. The standard InChI is InChI=1S/C17H22N2O/c1-13-7-3-2-6-10-19(13)17-11-14(12-20)15-8-4-5-9-16(15)18-17/h4-5,8-9,11,13,20H,2-3,6-7,10,12H2,1H3. The molecule has 20 heavy (non-hydrogen) atoms. The van der Waals surface area contributed by atoms with Crippen LogP contribution < -0.4 is 4.90 Å². The van der Waals surface area contributed by atoms with Crippen molar-refractivity contribution in [1.82, 2.24) is 4.98 Å². The largest absolute Gasteiger partial charge is 0.392 e. The summed E-state index contributed by atoms with van der Waals surface area (Å²) in [5, 5.41) is 10.7. The van der Waals surface area contributed by atoms with Crippen molar-refractivity contribution in [2.24, 2.45) is 0 Å². The molecule has 1 aromatic heterocycles. The lowest BCUT2D eigenvalue weighted by molar-refractivity contribution is 0.283. The van der Waals surface area contributed by atoms with Crippen LogP contribution in [0.1, 0.15) is 38.2 Å². The van der Waals surface area contributed by atoms with Crippen molar-refractivity contribution in [3.63, 3.8) is 0 Å². The molecule has 1 aliphatic rings. The summed E-state index contributed by atoms with van der Waals surface area (Å²) >= 11 is 0. The monoisotopic (exact) mass is 270 g/mol. The van der Waals surface area contributed by atoms with E-state index < -0.39 is 0 Å². The van der Waals surface area contributed by atoms with E-state index in [2.05, 4.69) is 17.9 Å². The van der Waals surface area contributed by atoms with Gasteiger partial charge in [0.25, 0.3) is 0 Å². The predicted molar refractivity (Wildman–Crippen MR) is 82.9 cm³/mol. The average molecular weight is 270 g/mol. The minimum Gasteiger partial charge on any atom is -0.392 e. The first-order valence-electron chi connectivity index (χ1n) is 7.56. The molecule has 1 N–H and O–H groups in total. The summed E-state index contributed by atoms with van der Waals surface area (Å²) in [6, 6.07) is 10.6. The van der Waals surface area contributed by atoms with Gasteiger partial charge in [0.1, 0.15) is 5.82 Å². The minimum atomic E-state index is 0.0677. The van der Waals surface area contributed by atoms with E-state index in [1.807, 2.05) is 24.3 Å². The Kier molecular flexibility index (Phi) is 3.88. The Bertz CT molecular complexity index is 597. The van der Waals surface area contributed by atoms with Gasteiger partial charge in [-0.3, -0.25) is 0 Å². The molecule has 1 unspecified atom stereocenters. The minimum absolute atomic E-state index is 0.0677. The Labute approximate surface area is 120 Å². The number of hydrogen-bond donors (Lipinski definition) is 1. The molecule has 0 aliphatic carbocycles. The van der Waals surface area contributed by atoms with E-state index in [1.165, 1.54) is 25.7 Å². The highest BCUT2D eigenvalue weighted by Crippen LogP contribution is 2.27. The number of hydrogen-bond acceptors (Lipinski definition) is 3. The molecule has 3 heteroatoms. The zero-order valence-electron chi connectivity index (χ0n) is 12.0. The van der Waals surface area contributed by atoms with Crippen molar-refractivity contribution in [3.05, 3.63) is 35.9 Å². The number of fused-ring (bicyclic) bond motifs is 1. The summed E-state index contributed by atoms with van der Waals surface area (Å²) in [4.78, 5) is 7.22. The number of aliphatic hydroxyl groups excluding tert-OH is 1. The third-order valence-electron chi connectivity index (χ3n) is 4.31. The molecular formula is C17H22N2O. The van der Waals surface area contributed by atoms with Crippen LogP contribution in [0.5, 0.6) is 0 Å². The number of aromatic nitrogens is 1. The first-order chi connectivity index (χ1) is 9.79. The van der Waals surface area contributed by atoms with Gasteiger partial charge in [0.2, 0.25) is 0 Å². The number of anilines is 1. The highest BCUT2D eigenvalue weighted by molar-refractivity contribution is 5.84. The Morgan fingerprint density at radius 1 is 1.25 bits per heavy atom. The van der Waals surface area contributed by atoms with Gasteiger partial charge in [0.15, 0.2) is 0 Å². The third kappa shape index (κ3) is 2.50. The van der Waals surface area contributed by atoms with Gasteiger partial charge in [-0.25, -0.2) is 4.98 Å². The maximum Gasteiger partial charge on any atom is 0.129 e. The normalized spacial score (nSPS) is 20.1. The zero-order valence-corrected chi connectivity index (χ0v) is 12.0. The van der Waals surface area contributed by atoms with E-state index in [1.54, 1.807) is 0 Å². The van der Waals surface area contributed by atoms with Crippen LogP contribution in [0.15, 0.2) is 30.3 Å². The van der Waals surface area contributed by atoms with Crippen LogP contribution >= 0.6 is 0 Å². The van der Waals surface area contributed by atoms with Crippen molar-refractivity contribution in [1.29, 1.82) is 0 Å². The fraction of sp³-hybridized carbons (Fsp3) is 0.471. The summed E-state index contributed by atoms with van der Waals surface area (Å²) in [5.74, 6) is 1.02. The molecular weight excluding hydrogens is 248 g/mol. The maximum atomic E-state index is 9.63. The van der Waals surface area contributed by atoms with Crippen molar-refractivity contribution in [2.75, 3.05) is 11.4 Å². The zero-order chi connectivity index (χ0) is 13.9. The molecule has 3 rings (SSSR count). The Morgan fingerprint density at radius 2 is 2.10 bits per heavy atom. The lowest BCUT2D eigenvalue weighted by Crippen LogP contribution is -2.33. The van der Waals surface area contributed by atoms with E-state index in [-0.39, 0.29) is 6.61 Å². The van der Waals surface area contributed by atoms with Crippen LogP contribution in [0.2, 0.25) is 0 Å². The second-order valence-electron chi connectivity index (χ2n) is 5.71. The van der Waals surface area contributed by atoms with Gasteiger partial charge in [0.05, 0.1) is 12.1 Å². The highest BCUT2D eigenvalue weighted by Gasteiger charge is 2.19. The number of pyridine rings is 1. The number of rotatable bonds is 2. The van der Waals surface area contributed by atoms with Gasteiger partial charge in [-0.1, -0.05) is 31.0 Å². The first kappa shape index (κ1) is 13.4. The van der Waals surface area contributed by atoms with E-state index in [0.29, 0.717) is 6.04 Å². The molecule has 0 bridgehead atoms. The second kappa shape index (κ2) is 5.80. The molecule has 2 heterocycles. The molecule has 1 fully saturated rings. The van der Waals surface area contributed by atoms with Gasteiger partial charge in [0, 0.05) is 18.0 Å². The van der Waals surface area contributed by atoms with E-state index in [0.717, 1.165) is 28.8 Å². The average Bonchev–Trinajstić information content (AvgIpc) is 2.70. The van der Waals surface area contributed by atoms with Crippen LogP contribution in [0.25, 0.3) is 10.9 Å². The molecule has 0 spiro atoms. The van der Waals surface area contributed by atoms with Gasteiger partial charge in [-0.05, 0) is 37.5 Å². The first-order valence-corrected chi connectivity index (χ1v) is 7.56. The summed E-state index contributed by atoms with van der Waals surface area (Å²) in [5.41, 5.74) is 1.95. The van der Waals surface area contributed by atoms with Gasteiger partial charge in [-0.15, -0.1) is 0 Å². The smallest absolute Gasteiger partial charge is 0.129 e. The highest BCUT2D eigenvalue weighted by atomic mass is 16.3. The fourth-order valence-corrected chi connectivity index (χ4v) is 3.13. The summed E-state index contributed by atoms with van der Waals surface area (Å²) in [6.07, 6.45) is 5.07. The second-order valence-corrected chi connectivity index (χ2v) is 5.71. The van der Waals surface area contributed by atoms with Crippen molar-refractivity contribution < 1.29 is 5.11 Å². The summed E-state index contributed by atoms with van der Waals surface area (Å²) in [6.45, 7) is 3.41. The number of para-hydroxylation sites is 1. The van der Waals surface area contributed by atoms with Crippen molar-refractivity contribution in [2.45, 2.75) is 45.3 Å². The van der Waals surface area contributed by atoms with E-state index >= 15 is 0 Å². The molecule has 0 saturated carbocycles. The van der Waals surface area contributed by atoms with Crippen molar-refractivity contribution >= 4 is 16.7 Å². The van der Waals surface area contributed by atoms with Crippen molar-refractivity contribution in [3.8, 4) is 0 Å². The van der Waals surface area contributed by atoms with Crippen LogP contribution in [0.4, 0.5) is 5.82 Å². The quantitative estimate of drug-likeness (QED) is 0.907. The van der Waals surface area contributed by atoms with Crippen LogP contribution in [-0.2, 0) is 6.61 Å². The van der Waals surface area contributed by atoms with E-state index in [4.69, 9.17) is 4.98 Å². The lowest BCUT2D eigenvalue weighted by Gasteiger charge is -2.29. The molecule has 0 amide bonds. The van der Waals surface area contributed by atoms with Gasteiger partial charge in [-0.2, -0.15) is 0 Å². The van der Waals surface area contributed by atoms with E-state index in [9.17, 15) is 5.11 Å². The Morgan fingerprint density at radius 3 is 2.95 bits per heavy atom. The van der Waals surface area contributed by atoms with Gasteiger partial charge < -0.3 is 10.0 Å². The lowest BCUT2D eigenvalue weighted by atomic mass is 10.1. The van der Waals surface area contributed by atoms with Crippen LogP contribution in [0.3, 0.4) is 0 Å². The number of benzene rings is 1. The summed E-state index contributed by atoms with van der Waals surface area (Å²) < 4.78 is 0. The van der Waals surface area contributed by atoms with Crippen LogP contribution in [0, 0.1) is 0 Å². The molecule has 0 radical (unpaired) electrons. The molecule has 2 aromatic rings. The third-order valence-corrected chi connectivity index (χ3v) is 4.31. The summed E-state index contributed by atoms with van der Waals surface area (Å²) in [7, 11) is 0. The SMILES string of the molecule is CC1CCCCCN1c1cc(CO)c2ccccc2n1. The fourth-order valence-electron chi connectivity index (χ4n) is 3.13. The number of aliphatic hydroxyl groups is 1. The molecule has 1 saturated heterocycles. The molecule has 1 aliphatic heterocycles. The molecule has 106 valence electrons. The molecule has 3 nitrogen and oxygen atoms in total. The predicted octanol–water partition coefficient (Wildman–Crippen LogP) is 3.50. The Hall–Kier alpha value is -1.61. The maximum absolute atomic E-state index is 9.63. The van der Waals surface area contributed by atoms with Gasteiger partial charge >= 0.3 is 0 Å². The number of nitrogens with zero attached hydrogens (tertiary/aromatic N) is 2. The topological polar surface area (TPSA) is 36.4 Å².